The van der Waals surface area contributed by atoms with Gasteiger partial charge in [-0.1, -0.05) is 48.0 Å². The summed E-state index contributed by atoms with van der Waals surface area (Å²) in [6.07, 6.45) is 5.18. The Morgan fingerprint density at radius 3 is 2.45 bits per heavy atom. The maximum atomic E-state index is 13.3. The number of carbonyl (C=O) groups is 1. The molecule has 2 aromatic carbocycles. The van der Waals surface area contributed by atoms with E-state index in [2.05, 4.69) is 54.4 Å². The van der Waals surface area contributed by atoms with Crippen molar-refractivity contribution in [2.24, 2.45) is 0 Å². The molecule has 0 aliphatic heterocycles. The van der Waals surface area contributed by atoms with Crippen molar-refractivity contribution in [2.45, 2.75) is 19.8 Å². The molecule has 0 saturated heterocycles. The van der Waals surface area contributed by atoms with Gasteiger partial charge >= 0.3 is 0 Å². The van der Waals surface area contributed by atoms with E-state index in [1.807, 2.05) is 30.1 Å². The van der Waals surface area contributed by atoms with E-state index in [0.29, 0.717) is 6.54 Å². The number of carbonyl (C=O) groups excluding carboxylic acids is 1. The van der Waals surface area contributed by atoms with Crippen LogP contribution in [0.1, 0.15) is 31.9 Å². The van der Waals surface area contributed by atoms with Crippen LogP contribution in [0.3, 0.4) is 0 Å². The van der Waals surface area contributed by atoms with Gasteiger partial charge < -0.3 is 4.90 Å². The molecular formula is C25H24N2OS. The maximum Gasteiger partial charge on any atom is 0.264 e. The molecule has 4 rings (SSSR count). The third kappa shape index (κ3) is 4.38. The van der Waals surface area contributed by atoms with Crippen molar-refractivity contribution >= 4 is 27.3 Å². The molecule has 3 nitrogen and oxygen atoms in total. The zero-order valence-corrected chi connectivity index (χ0v) is 17.6. The molecule has 0 spiro atoms. The van der Waals surface area contributed by atoms with Crippen LogP contribution in [0, 0.1) is 6.92 Å². The Morgan fingerprint density at radius 2 is 1.69 bits per heavy atom. The van der Waals surface area contributed by atoms with Crippen LogP contribution < -0.4 is 0 Å². The Balaban J connectivity index is 1.61. The van der Waals surface area contributed by atoms with Crippen molar-refractivity contribution in [1.82, 2.24) is 9.88 Å². The van der Waals surface area contributed by atoms with E-state index in [9.17, 15) is 4.79 Å². The average Bonchev–Trinajstić information content (AvgIpc) is 3.12. The molecule has 0 aliphatic carbocycles. The monoisotopic (exact) mass is 400 g/mol. The summed E-state index contributed by atoms with van der Waals surface area (Å²) in [4.78, 5) is 20.1. The number of likely N-dealkylation sites (N-methyl/N-ethyl adjacent to an activating group) is 1. The van der Waals surface area contributed by atoms with Crippen molar-refractivity contribution in [3.63, 3.8) is 0 Å². The number of aryl methyl sites for hydroxylation is 1. The van der Waals surface area contributed by atoms with Gasteiger partial charge in [0.25, 0.3) is 5.91 Å². The standard InChI is InChI=1S/C25H24N2OS/c1-18-7-9-20(10-8-18)17-22-21-5-3-4-6-23(21)29-24(22)25(28)27(2)16-13-19-11-14-26-15-12-19/h3-12,14-15H,13,16-17H2,1-2H3. The average molecular weight is 401 g/mol. The van der Waals surface area contributed by atoms with Crippen molar-refractivity contribution in [3.05, 3.63) is 100 Å². The summed E-state index contributed by atoms with van der Waals surface area (Å²) in [5, 5.41) is 1.18. The van der Waals surface area contributed by atoms with E-state index in [0.717, 1.165) is 23.3 Å². The number of hydrogen-bond acceptors (Lipinski definition) is 3. The molecule has 0 bridgehead atoms. The number of fused-ring (bicyclic) bond motifs is 1. The fourth-order valence-corrected chi connectivity index (χ4v) is 4.69. The number of nitrogens with zero attached hydrogens (tertiary/aromatic N) is 2. The molecule has 2 heterocycles. The maximum absolute atomic E-state index is 13.3. The van der Waals surface area contributed by atoms with E-state index in [1.165, 1.54) is 26.8 Å². The summed E-state index contributed by atoms with van der Waals surface area (Å²) < 4.78 is 1.17. The molecule has 0 radical (unpaired) electrons. The van der Waals surface area contributed by atoms with E-state index in [4.69, 9.17) is 0 Å². The molecule has 4 aromatic rings. The molecule has 0 atom stereocenters. The van der Waals surface area contributed by atoms with Crippen molar-refractivity contribution in [3.8, 4) is 0 Å². The normalized spacial score (nSPS) is 11.0. The highest BCUT2D eigenvalue weighted by Crippen LogP contribution is 2.33. The number of benzene rings is 2. The first-order chi connectivity index (χ1) is 14.1. The van der Waals surface area contributed by atoms with Gasteiger partial charge in [0.1, 0.15) is 0 Å². The number of aromatic nitrogens is 1. The Labute approximate surface area is 175 Å². The van der Waals surface area contributed by atoms with Gasteiger partial charge in [0.05, 0.1) is 4.88 Å². The Hall–Kier alpha value is -2.98. The van der Waals surface area contributed by atoms with Crippen molar-refractivity contribution < 1.29 is 4.79 Å². The van der Waals surface area contributed by atoms with Crippen LogP contribution in [0.15, 0.2) is 73.1 Å². The molecule has 4 heteroatoms. The summed E-state index contributed by atoms with van der Waals surface area (Å²) in [6, 6.07) is 20.9. The van der Waals surface area contributed by atoms with Gasteiger partial charge in [0.2, 0.25) is 0 Å². The molecular weight excluding hydrogens is 376 g/mol. The second kappa shape index (κ2) is 8.58. The zero-order valence-electron chi connectivity index (χ0n) is 16.8. The second-order valence-corrected chi connectivity index (χ2v) is 8.45. The van der Waals surface area contributed by atoms with Crippen LogP contribution in [0.4, 0.5) is 0 Å². The van der Waals surface area contributed by atoms with E-state index in [1.54, 1.807) is 23.7 Å². The molecule has 0 saturated carbocycles. The lowest BCUT2D eigenvalue weighted by Gasteiger charge is -2.17. The SMILES string of the molecule is Cc1ccc(Cc2c(C(=O)N(C)CCc3ccncc3)sc3ccccc23)cc1. The second-order valence-electron chi connectivity index (χ2n) is 7.40. The fraction of sp³-hybridized carbons (Fsp3) is 0.200. The first kappa shape index (κ1) is 19.3. The Bertz CT molecular complexity index is 1120. The minimum Gasteiger partial charge on any atom is -0.341 e. The van der Waals surface area contributed by atoms with Crippen molar-refractivity contribution in [1.29, 1.82) is 0 Å². The molecule has 29 heavy (non-hydrogen) atoms. The van der Waals surface area contributed by atoms with Gasteiger partial charge in [-0.3, -0.25) is 9.78 Å². The minimum atomic E-state index is 0.0994. The van der Waals surface area contributed by atoms with Gasteiger partial charge in [0, 0.05) is 30.7 Å². The third-order valence-corrected chi connectivity index (χ3v) is 6.43. The van der Waals surface area contributed by atoms with Gasteiger partial charge in [-0.25, -0.2) is 0 Å². The molecule has 2 aromatic heterocycles. The minimum absolute atomic E-state index is 0.0994. The summed E-state index contributed by atoms with van der Waals surface area (Å²) in [6.45, 7) is 2.78. The summed E-state index contributed by atoms with van der Waals surface area (Å²) in [5.74, 6) is 0.0994. The molecule has 146 valence electrons. The van der Waals surface area contributed by atoms with E-state index >= 15 is 0 Å². The zero-order chi connectivity index (χ0) is 20.2. The quantitative estimate of drug-likeness (QED) is 0.427. The first-order valence-electron chi connectivity index (χ1n) is 9.82. The van der Waals surface area contributed by atoms with Crippen LogP contribution in [-0.2, 0) is 12.8 Å². The van der Waals surface area contributed by atoms with Gasteiger partial charge in [-0.2, -0.15) is 0 Å². The van der Waals surface area contributed by atoms with Crippen LogP contribution in [0.5, 0.6) is 0 Å². The van der Waals surface area contributed by atoms with Crippen molar-refractivity contribution in [2.75, 3.05) is 13.6 Å². The molecule has 0 fully saturated rings. The van der Waals surface area contributed by atoms with Gasteiger partial charge in [0.15, 0.2) is 0 Å². The van der Waals surface area contributed by atoms with E-state index in [-0.39, 0.29) is 5.91 Å². The largest absolute Gasteiger partial charge is 0.341 e. The molecule has 0 aliphatic rings. The van der Waals surface area contributed by atoms with E-state index < -0.39 is 0 Å². The Morgan fingerprint density at radius 1 is 0.966 bits per heavy atom. The van der Waals surface area contributed by atoms with Crippen LogP contribution >= 0.6 is 11.3 Å². The fourth-order valence-electron chi connectivity index (χ4n) is 3.48. The number of rotatable bonds is 6. The summed E-state index contributed by atoms with van der Waals surface area (Å²) >= 11 is 1.60. The highest BCUT2D eigenvalue weighted by molar-refractivity contribution is 7.21. The number of pyridine rings is 1. The lowest BCUT2D eigenvalue weighted by molar-refractivity contribution is 0.0800. The third-order valence-electron chi connectivity index (χ3n) is 5.23. The number of hydrogen-bond donors (Lipinski definition) is 0. The topological polar surface area (TPSA) is 33.2 Å². The predicted octanol–water partition coefficient (Wildman–Crippen LogP) is 5.51. The highest BCUT2D eigenvalue weighted by Gasteiger charge is 2.21. The van der Waals surface area contributed by atoms with Crippen LogP contribution in [-0.4, -0.2) is 29.4 Å². The molecule has 1 amide bonds. The van der Waals surface area contributed by atoms with Gasteiger partial charge in [-0.05, 0) is 60.0 Å². The predicted molar refractivity (Wildman–Crippen MR) is 121 cm³/mol. The van der Waals surface area contributed by atoms with Gasteiger partial charge in [-0.15, -0.1) is 11.3 Å². The lowest BCUT2D eigenvalue weighted by atomic mass is 10.0. The van der Waals surface area contributed by atoms with Crippen LogP contribution in [0.25, 0.3) is 10.1 Å². The van der Waals surface area contributed by atoms with Crippen LogP contribution in [0.2, 0.25) is 0 Å². The molecule has 0 unspecified atom stereocenters. The first-order valence-corrected chi connectivity index (χ1v) is 10.6. The highest BCUT2D eigenvalue weighted by atomic mass is 32.1. The lowest BCUT2D eigenvalue weighted by Crippen LogP contribution is -2.28. The number of amides is 1. The molecule has 0 N–H and O–H groups in total. The summed E-state index contributed by atoms with van der Waals surface area (Å²) in [5.41, 5.74) is 4.80. The smallest absolute Gasteiger partial charge is 0.264 e. The number of thiophene rings is 1. The summed E-state index contributed by atoms with van der Waals surface area (Å²) in [7, 11) is 1.89. The Kier molecular flexibility index (Phi) is 5.72.